The number of aromatic nitrogens is 1. The van der Waals surface area contributed by atoms with E-state index in [0.717, 1.165) is 16.8 Å². The standard InChI is InChI=1S/C15H13ClF2N2O4/c1-20-7-9(15(23)24-5-4-21)13(12(18)14(20)22)19-11-3-2-8(16)6-10(11)17/h2-3,6-7,19,21H,4-5H2,1H3. The van der Waals surface area contributed by atoms with Gasteiger partial charge in [-0.1, -0.05) is 11.6 Å². The van der Waals surface area contributed by atoms with Crippen molar-refractivity contribution in [1.82, 2.24) is 4.57 Å². The molecule has 6 nitrogen and oxygen atoms in total. The van der Waals surface area contributed by atoms with Crippen molar-refractivity contribution in [3.63, 3.8) is 0 Å². The van der Waals surface area contributed by atoms with E-state index in [4.69, 9.17) is 21.4 Å². The number of esters is 1. The number of halogens is 3. The lowest BCUT2D eigenvalue weighted by Gasteiger charge is -2.14. The average Bonchev–Trinajstić information content (AvgIpc) is 2.54. The number of aryl methyl sites for hydroxylation is 1. The molecule has 1 aromatic heterocycles. The van der Waals surface area contributed by atoms with Crippen LogP contribution in [-0.2, 0) is 11.8 Å². The topological polar surface area (TPSA) is 80.6 Å². The maximum absolute atomic E-state index is 14.3. The van der Waals surface area contributed by atoms with Crippen molar-refractivity contribution in [2.45, 2.75) is 0 Å². The first-order valence-corrected chi connectivity index (χ1v) is 7.12. The van der Waals surface area contributed by atoms with Crippen LogP contribution in [0.2, 0.25) is 5.02 Å². The second-order valence-corrected chi connectivity index (χ2v) is 5.19. The van der Waals surface area contributed by atoms with Gasteiger partial charge in [-0.2, -0.15) is 4.39 Å². The molecule has 0 bridgehead atoms. The molecule has 9 heteroatoms. The molecule has 0 saturated carbocycles. The fourth-order valence-electron chi connectivity index (χ4n) is 1.92. The number of hydrogen-bond acceptors (Lipinski definition) is 5. The van der Waals surface area contributed by atoms with E-state index in [1.165, 1.54) is 19.2 Å². The minimum atomic E-state index is -1.27. The van der Waals surface area contributed by atoms with E-state index in [1.807, 2.05) is 0 Å². The van der Waals surface area contributed by atoms with Crippen LogP contribution in [0.15, 0.2) is 29.2 Å². The van der Waals surface area contributed by atoms with Gasteiger partial charge in [0.25, 0.3) is 5.56 Å². The van der Waals surface area contributed by atoms with Crippen LogP contribution in [-0.4, -0.2) is 28.9 Å². The molecule has 24 heavy (non-hydrogen) atoms. The minimum absolute atomic E-state index is 0.130. The summed E-state index contributed by atoms with van der Waals surface area (Å²) in [5, 5.41) is 11.2. The summed E-state index contributed by atoms with van der Waals surface area (Å²) in [7, 11) is 1.25. The van der Waals surface area contributed by atoms with E-state index >= 15 is 0 Å². The van der Waals surface area contributed by atoms with Crippen LogP contribution in [0.25, 0.3) is 0 Å². The predicted molar refractivity (Wildman–Crippen MR) is 83.7 cm³/mol. The predicted octanol–water partition coefficient (Wildman–Crippen LogP) is 2.21. The number of aliphatic hydroxyl groups excluding tert-OH is 1. The Balaban J connectivity index is 2.52. The molecule has 0 aliphatic carbocycles. The van der Waals surface area contributed by atoms with Crippen LogP contribution in [0.1, 0.15) is 10.4 Å². The van der Waals surface area contributed by atoms with Crippen molar-refractivity contribution >= 4 is 28.9 Å². The molecule has 2 rings (SSSR count). The fourth-order valence-corrected chi connectivity index (χ4v) is 2.07. The monoisotopic (exact) mass is 358 g/mol. The number of rotatable bonds is 5. The second-order valence-electron chi connectivity index (χ2n) is 4.76. The van der Waals surface area contributed by atoms with Crippen LogP contribution >= 0.6 is 11.6 Å². The lowest BCUT2D eigenvalue weighted by molar-refractivity contribution is 0.0433. The molecule has 0 unspecified atom stereocenters. The number of hydrogen-bond donors (Lipinski definition) is 2. The van der Waals surface area contributed by atoms with Gasteiger partial charge in [0.2, 0.25) is 5.82 Å². The molecule has 0 spiro atoms. The van der Waals surface area contributed by atoms with Gasteiger partial charge < -0.3 is 19.7 Å². The lowest BCUT2D eigenvalue weighted by Crippen LogP contribution is -2.25. The molecule has 0 fully saturated rings. The minimum Gasteiger partial charge on any atom is -0.460 e. The molecule has 0 aliphatic heterocycles. The smallest absolute Gasteiger partial charge is 0.341 e. The zero-order valence-corrected chi connectivity index (χ0v) is 13.2. The van der Waals surface area contributed by atoms with E-state index in [0.29, 0.717) is 0 Å². The molecule has 0 saturated heterocycles. The number of nitrogens with one attached hydrogen (secondary N) is 1. The molecule has 2 N–H and O–H groups in total. The Bertz CT molecular complexity index is 839. The first-order valence-electron chi connectivity index (χ1n) is 6.74. The van der Waals surface area contributed by atoms with E-state index in [1.54, 1.807) is 0 Å². The van der Waals surface area contributed by atoms with Gasteiger partial charge in [0.05, 0.1) is 18.0 Å². The van der Waals surface area contributed by atoms with Crippen molar-refractivity contribution in [3.8, 4) is 0 Å². The van der Waals surface area contributed by atoms with Crippen molar-refractivity contribution < 1.29 is 23.4 Å². The highest BCUT2D eigenvalue weighted by Crippen LogP contribution is 2.26. The van der Waals surface area contributed by atoms with Crippen molar-refractivity contribution in [2.75, 3.05) is 18.5 Å². The van der Waals surface area contributed by atoms with Gasteiger partial charge in [0, 0.05) is 18.3 Å². The summed E-state index contributed by atoms with van der Waals surface area (Å²) in [6.07, 6.45) is 1.06. The number of carbonyl (C=O) groups excluding carboxylic acids is 1. The summed E-state index contributed by atoms with van der Waals surface area (Å²) in [6, 6.07) is 3.58. The number of benzene rings is 1. The van der Waals surface area contributed by atoms with Gasteiger partial charge in [0.15, 0.2) is 0 Å². The number of carbonyl (C=O) groups is 1. The zero-order valence-electron chi connectivity index (χ0n) is 12.5. The van der Waals surface area contributed by atoms with Crippen LogP contribution in [0.3, 0.4) is 0 Å². The van der Waals surface area contributed by atoms with Crippen molar-refractivity contribution in [1.29, 1.82) is 0 Å². The first kappa shape index (κ1) is 17.9. The summed E-state index contributed by atoms with van der Waals surface area (Å²) in [4.78, 5) is 23.7. The van der Waals surface area contributed by atoms with Gasteiger partial charge in [0.1, 0.15) is 18.0 Å². The largest absolute Gasteiger partial charge is 0.460 e. The van der Waals surface area contributed by atoms with Crippen LogP contribution in [0.4, 0.5) is 20.2 Å². The average molecular weight is 359 g/mol. The van der Waals surface area contributed by atoms with Crippen LogP contribution < -0.4 is 10.9 Å². The van der Waals surface area contributed by atoms with Crippen LogP contribution in [0.5, 0.6) is 0 Å². The van der Waals surface area contributed by atoms with Gasteiger partial charge in [-0.15, -0.1) is 0 Å². The van der Waals surface area contributed by atoms with E-state index < -0.39 is 35.5 Å². The van der Waals surface area contributed by atoms with Crippen molar-refractivity contribution in [3.05, 3.63) is 57.0 Å². The zero-order chi connectivity index (χ0) is 17.9. The third-order valence-electron chi connectivity index (χ3n) is 3.05. The molecule has 1 heterocycles. The number of ether oxygens (including phenoxy) is 1. The summed E-state index contributed by atoms with van der Waals surface area (Å²) >= 11 is 5.64. The lowest BCUT2D eigenvalue weighted by atomic mass is 10.2. The molecule has 128 valence electrons. The maximum atomic E-state index is 14.3. The molecule has 0 amide bonds. The Labute approximate surface area is 140 Å². The number of nitrogens with zero attached hydrogens (tertiary/aromatic N) is 1. The highest BCUT2D eigenvalue weighted by atomic mass is 35.5. The quantitative estimate of drug-likeness (QED) is 0.801. The number of pyridine rings is 1. The Morgan fingerprint density at radius 3 is 2.75 bits per heavy atom. The third-order valence-corrected chi connectivity index (χ3v) is 3.29. The van der Waals surface area contributed by atoms with Crippen LogP contribution in [0, 0.1) is 11.6 Å². The molecule has 1 aromatic carbocycles. The Hall–Kier alpha value is -2.45. The van der Waals surface area contributed by atoms with E-state index in [-0.39, 0.29) is 22.9 Å². The number of anilines is 2. The molecular formula is C15H13ClF2N2O4. The molecular weight excluding hydrogens is 346 g/mol. The Morgan fingerprint density at radius 1 is 1.42 bits per heavy atom. The second kappa shape index (κ2) is 7.41. The van der Waals surface area contributed by atoms with E-state index in [2.05, 4.69) is 5.32 Å². The van der Waals surface area contributed by atoms with Crippen molar-refractivity contribution in [2.24, 2.45) is 7.05 Å². The third kappa shape index (κ3) is 3.72. The Morgan fingerprint density at radius 2 is 2.12 bits per heavy atom. The summed E-state index contributed by atoms with van der Waals surface area (Å²) < 4.78 is 33.8. The Kier molecular flexibility index (Phi) is 5.53. The van der Waals surface area contributed by atoms with Gasteiger partial charge in [-0.3, -0.25) is 4.79 Å². The normalized spacial score (nSPS) is 10.5. The van der Waals surface area contributed by atoms with Gasteiger partial charge in [-0.25, -0.2) is 9.18 Å². The highest BCUT2D eigenvalue weighted by Gasteiger charge is 2.22. The first-order chi connectivity index (χ1) is 11.3. The number of aliphatic hydroxyl groups is 1. The molecule has 0 atom stereocenters. The maximum Gasteiger partial charge on any atom is 0.341 e. The fraction of sp³-hybridized carbons (Fsp3) is 0.200. The van der Waals surface area contributed by atoms with Gasteiger partial charge in [-0.05, 0) is 18.2 Å². The SMILES string of the molecule is Cn1cc(C(=O)OCCO)c(Nc2ccc(Cl)cc2F)c(F)c1=O. The highest BCUT2D eigenvalue weighted by molar-refractivity contribution is 6.30. The summed E-state index contributed by atoms with van der Waals surface area (Å²) in [6.45, 7) is -0.730. The van der Waals surface area contributed by atoms with Gasteiger partial charge >= 0.3 is 5.97 Å². The summed E-state index contributed by atoms with van der Waals surface area (Å²) in [5.74, 6) is -3.04. The molecule has 0 aliphatic rings. The molecule has 0 radical (unpaired) electrons. The molecule has 2 aromatic rings. The summed E-state index contributed by atoms with van der Waals surface area (Å²) in [5.41, 5.74) is -2.03. The van der Waals surface area contributed by atoms with E-state index in [9.17, 15) is 18.4 Å².